The zero-order valence-corrected chi connectivity index (χ0v) is 34.8. The number of aromatic nitrogens is 1. The van der Waals surface area contributed by atoms with Crippen molar-refractivity contribution in [3.8, 4) is 72.7 Å². The fourth-order valence-corrected chi connectivity index (χ4v) is 10.4. The third-order valence-electron chi connectivity index (χ3n) is 13.4. The van der Waals surface area contributed by atoms with Gasteiger partial charge in [-0.25, -0.2) is 0 Å². The summed E-state index contributed by atoms with van der Waals surface area (Å²) in [5.74, 6) is 0. The molecule has 1 aliphatic carbocycles. The lowest BCUT2D eigenvalue weighted by Gasteiger charge is -2.22. The number of rotatable bonds is 6. The number of fused-ring (bicyclic) bond motifs is 6. The van der Waals surface area contributed by atoms with E-state index in [-0.39, 0.29) is 5.41 Å². The van der Waals surface area contributed by atoms with Crippen LogP contribution < -0.4 is 0 Å². The fourth-order valence-electron chi connectivity index (χ4n) is 10.4. The predicted molar refractivity (Wildman–Crippen MR) is 263 cm³/mol. The highest BCUT2D eigenvalue weighted by Gasteiger charge is 2.35. The summed E-state index contributed by atoms with van der Waals surface area (Å²) in [6, 6.07) is 83.0. The van der Waals surface area contributed by atoms with Crippen molar-refractivity contribution in [1.29, 1.82) is 0 Å². The van der Waals surface area contributed by atoms with Crippen molar-refractivity contribution >= 4 is 32.3 Å². The Hall–Kier alpha value is -7.74. The van der Waals surface area contributed by atoms with Gasteiger partial charge in [-0.15, -0.1) is 0 Å². The molecule has 1 nitrogen and oxygen atoms in total. The van der Waals surface area contributed by atoms with Gasteiger partial charge in [0, 0.05) is 11.1 Å². The highest BCUT2D eigenvalue weighted by molar-refractivity contribution is 6.22. The molecular formula is C61H43N. The predicted octanol–water partition coefficient (Wildman–Crippen LogP) is 16.6. The van der Waals surface area contributed by atoms with E-state index in [2.05, 4.69) is 243 Å². The summed E-state index contributed by atoms with van der Waals surface area (Å²) < 4.78 is 2.44. The molecule has 0 saturated carbocycles. The Balaban J connectivity index is 1.09. The van der Waals surface area contributed by atoms with Crippen LogP contribution in [0.15, 0.2) is 224 Å². The fraction of sp³-hybridized carbons (Fsp3) is 0.0492. The van der Waals surface area contributed by atoms with E-state index in [0.29, 0.717) is 0 Å². The molecule has 0 N–H and O–H groups in total. The van der Waals surface area contributed by atoms with Gasteiger partial charge in [0.05, 0.1) is 11.4 Å². The average Bonchev–Trinajstić information content (AvgIpc) is 3.88. The topological polar surface area (TPSA) is 4.93 Å². The van der Waals surface area contributed by atoms with Gasteiger partial charge in [-0.2, -0.15) is 0 Å². The van der Waals surface area contributed by atoms with E-state index in [1.165, 1.54) is 99.1 Å². The molecule has 0 amide bonds. The molecule has 0 bridgehead atoms. The van der Waals surface area contributed by atoms with Gasteiger partial charge >= 0.3 is 0 Å². The van der Waals surface area contributed by atoms with E-state index in [9.17, 15) is 0 Å². The van der Waals surface area contributed by atoms with Gasteiger partial charge in [0.1, 0.15) is 0 Å². The molecule has 62 heavy (non-hydrogen) atoms. The Morgan fingerprint density at radius 2 is 0.839 bits per heavy atom. The van der Waals surface area contributed by atoms with E-state index in [1.54, 1.807) is 0 Å². The van der Waals surface area contributed by atoms with Gasteiger partial charge in [-0.1, -0.05) is 202 Å². The smallest absolute Gasteiger partial charge is 0.0535 e. The molecule has 0 unspecified atom stereocenters. The van der Waals surface area contributed by atoms with Crippen LogP contribution in [-0.2, 0) is 5.41 Å². The molecule has 1 heterocycles. The molecule has 1 aliphatic rings. The Bertz CT molecular complexity index is 3460. The molecule has 0 radical (unpaired) electrons. The first-order valence-corrected chi connectivity index (χ1v) is 21.7. The highest BCUT2D eigenvalue weighted by atomic mass is 15.0. The minimum Gasteiger partial charge on any atom is -0.309 e. The molecule has 0 fully saturated rings. The Morgan fingerprint density at radius 1 is 0.306 bits per heavy atom. The van der Waals surface area contributed by atoms with E-state index < -0.39 is 0 Å². The SMILES string of the molecule is CC1(C)c2ccccc2-c2ccc(-c3ccc(-c4c5ccccc5c(-c5ccc6ccccc6c5)c5ccc(-n6c(-c7ccccc7)ccc6-c6ccccc6)cc45)cc3)cc21. The van der Waals surface area contributed by atoms with Crippen LogP contribution in [0.1, 0.15) is 25.0 Å². The lowest BCUT2D eigenvalue weighted by atomic mass is 9.81. The standard InChI is InChI=1S/C61H43N/c1-61(2)55-24-14-13-21-49(55)50-33-31-46(38-56(50)61)41-25-28-44(29-26-41)59-51-22-11-12-23-52(51)60(47-30-27-40-15-9-10-20-45(40)37-47)53-34-32-48(39-54(53)59)62-57(42-16-5-3-6-17-42)35-36-58(62)43-18-7-4-8-19-43/h3-39H,1-2H3. The summed E-state index contributed by atoms with van der Waals surface area (Å²) in [7, 11) is 0. The highest BCUT2D eigenvalue weighted by Crippen LogP contribution is 2.50. The zero-order chi connectivity index (χ0) is 41.4. The van der Waals surface area contributed by atoms with Crippen molar-refractivity contribution < 1.29 is 0 Å². The van der Waals surface area contributed by atoms with Crippen LogP contribution in [0.2, 0.25) is 0 Å². The van der Waals surface area contributed by atoms with Gasteiger partial charge in [-0.05, 0) is 135 Å². The van der Waals surface area contributed by atoms with Crippen LogP contribution in [0.25, 0.3) is 105 Å². The van der Waals surface area contributed by atoms with E-state index in [0.717, 1.165) is 17.1 Å². The lowest BCUT2D eigenvalue weighted by Crippen LogP contribution is -2.14. The number of nitrogens with zero attached hydrogens (tertiary/aromatic N) is 1. The third-order valence-corrected chi connectivity index (χ3v) is 13.4. The number of hydrogen-bond donors (Lipinski definition) is 0. The van der Waals surface area contributed by atoms with Gasteiger partial charge < -0.3 is 4.57 Å². The van der Waals surface area contributed by atoms with Gasteiger partial charge in [0.25, 0.3) is 0 Å². The minimum atomic E-state index is -0.0509. The van der Waals surface area contributed by atoms with Crippen LogP contribution in [-0.4, -0.2) is 4.57 Å². The summed E-state index contributed by atoms with van der Waals surface area (Å²) in [4.78, 5) is 0. The summed E-state index contributed by atoms with van der Waals surface area (Å²) in [5, 5.41) is 7.43. The first-order valence-electron chi connectivity index (χ1n) is 21.7. The van der Waals surface area contributed by atoms with Crippen molar-refractivity contribution in [1.82, 2.24) is 4.57 Å². The maximum Gasteiger partial charge on any atom is 0.0535 e. The first kappa shape index (κ1) is 36.1. The monoisotopic (exact) mass is 789 g/mol. The molecule has 12 rings (SSSR count). The second kappa shape index (κ2) is 14.2. The van der Waals surface area contributed by atoms with E-state index in [1.807, 2.05) is 0 Å². The maximum atomic E-state index is 2.44. The summed E-state index contributed by atoms with van der Waals surface area (Å²) >= 11 is 0. The summed E-state index contributed by atoms with van der Waals surface area (Å²) in [6.45, 7) is 4.71. The largest absolute Gasteiger partial charge is 0.309 e. The zero-order valence-electron chi connectivity index (χ0n) is 34.8. The number of benzene rings is 10. The lowest BCUT2D eigenvalue weighted by molar-refractivity contribution is 0.660. The molecule has 0 atom stereocenters. The molecule has 0 saturated heterocycles. The van der Waals surface area contributed by atoms with Crippen molar-refractivity contribution in [2.24, 2.45) is 0 Å². The average molecular weight is 790 g/mol. The Morgan fingerprint density at radius 3 is 1.55 bits per heavy atom. The van der Waals surface area contributed by atoms with E-state index in [4.69, 9.17) is 0 Å². The normalized spacial score (nSPS) is 12.8. The van der Waals surface area contributed by atoms with Crippen molar-refractivity contribution in [2.75, 3.05) is 0 Å². The van der Waals surface area contributed by atoms with Crippen molar-refractivity contribution in [2.45, 2.75) is 19.3 Å². The van der Waals surface area contributed by atoms with Crippen LogP contribution in [0, 0.1) is 0 Å². The van der Waals surface area contributed by atoms with Crippen LogP contribution >= 0.6 is 0 Å². The molecule has 11 aromatic rings. The second-order valence-electron chi connectivity index (χ2n) is 17.3. The summed E-state index contributed by atoms with van der Waals surface area (Å²) in [5.41, 5.74) is 18.6. The second-order valence-corrected chi connectivity index (χ2v) is 17.3. The van der Waals surface area contributed by atoms with Crippen molar-refractivity contribution in [3.63, 3.8) is 0 Å². The van der Waals surface area contributed by atoms with Crippen LogP contribution in [0.4, 0.5) is 0 Å². The third kappa shape index (κ3) is 5.70. The van der Waals surface area contributed by atoms with Crippen LogP contribution in [0.3, 0.4) is 0 Å². The maximum absolute atomic E-state index is 2.44. The first-order chi connectivity index (χ1) is 30.5. The van der Waals surface area contributed by atoms with Crippen molar-refractivity contribution in [3.05, 3.63) is 236 Å². The molecule has 10 aromatic carbocycles. The van der Waals surface area contributed by atoms with Gasteiger partial charge in [-0.3, -0.25) is 0 Å². The minimum absolute atomic E-state index is 0.0509. The van der Waals surface area contributed by atoms with E-state index >= 15 is 0 Å². The summed E-state index contributed by atoms with van der Waals surface area (Å²) in [6.07, 6.45) is 0. The molecule has 0 spiro atoms. The quantitative estimate of drug-likeness (QED) is 0.148. The number of hydrogen-bond acceptors (Lipinski definition) is 0. The Labute approximate surface area is 362 Å². The van der Waals surface area contributed by atoms with Gasteiger partial charge in [0.2, 0.25) is 0 Å². The molecule has 292 valence electrons. The van der Waals surface area contributed by atoms with Crippen LogP contribution in [0.5, 0.6) is 0 Å². The van der Waals surface area contributed by atoms with Gasteiger partial charge in [0.15, 0.2) is 0 Å². The molecule has 0 aliphatic heterocycles. The molecule has 1 aromatic heterocycles. The molecular weight excluding hydrogens is 747 g/mol. The Kier molecular flexibility index (Phi) is 8.27. The molecule has 1 heteroatoms.